The molecule has 3 rings (SSSR count). The molecule has 100 valence electrons. The molecule has 0 bridgehead atoms. The Morgan fingerprint density at radius 1 is 1.47 bits per heavy atom. The molecule has 1 aromatic carbocycles. The minimum atomic E-state index is -0.0109. The number of nitrogens with zero attached hydrogens (tertiary/aromatic N) is 1. The molecule has 0 radical (unpaired) electrons. The molecule has 0 saturated carbocycles. The summed E-state index contributed by atoms with van der Waals surface area (Å²) in [7, 11) is 2.02. The van der Waals surface area contributed by atoms with E-state index in [1.165, 1.54) is 0 Å². The van der Waals surface area contributed by atoms with Gasteiger partial charge in [-0.1, -0.05) is 15.9 Å². The molecule has 2 aromatic rings. The zero-order chi connectivity index (χ0) is 13.6. The number of fused-ring (bicyclic) bond motifs is 1. The normalized spacial score (nSPS) is 19.2. The topological polar surface area (TPSA) is 34.0 Å². The molecule has 1 aliphatic heterocycles. The van der Waals surface area contributed by atoms with E-state index in [1.807, 2.05) is 26.1 Å². The lowest BCUT2D eigenvalue weighted by Crippen LogP contribution is -2.31. The lowest BCUT2D eigenvalue weighted by molar-refractivity contribution is 0.0953. The van der Waals surface area contributed by atoms with Crippen molar-refractivity contribution in [3.63, 3.8) is 0 Å². The molecule has 19 heavy (non-hydrogen) atoms. The maximum Gasteiger partial charge on any atom is 0.182 e. The van der Waals surface area contributed by atoms with Crippen LogP contribution in [0.5, 0.6) is 0 Å². The molecule has 0 aliphatic carbocycles. The highest BCUT2D eigenvalue weighted by Crippen LogP contribution is 2.29. The molecule has 3 nitrogen and oxygen atoms in total. The van der Waals surface area contributed by atoms with Crippen LogP contribution in [0.25, 0.3) is 10.9 Å². The number of nitrogens with one attached hydrogen (secondary N) is 1. The summed E-state index contributed by atoms with van der Waals surface area (Å²) in [6.45, 7) is 2.97. The number of hydrogen-bond donors (Lipinski definition) is 1. The molecule has 1 saturated heterocycles. The van der Waals surface area contributed by atoms with Crippen molar-refractivity contribution in [2.24, 2.45) is 7.05 Å². The number of aryl methyl sites for hydroxylation is 1. The number of hydrogen-bond acceptors (Lipinski definition) is 2. The molecule has 2 heterocycles. The molecule has 1 N–H and O–H groups in total. The molecule has 1 aromatic heterocycles. The number of rotatable bonds is 2. The van der Waals surface area contributed by atoms with E-state index in [9.17, 15) is 4.79 Å². The van der Waals surface area contributed by atoms with Crippen molar-refractivity contribution < 1.29 is 4.79 Å². The highest BCUT2D eigenvalue weighted by Gasteiger charge is 2.27. The zero-order valence-corrected chi connectivity index (χ0v) is 12.8. The number of benzene rings is 1. The average molecular weight is 321 g/mol. The number of Topliss-reactive ketones (excluding diaryl/α,β-unsaturated/α-hetero) is 1. The fraction of sp³-hybridized carbons (Fsp3) is 0.400. The zero-order valence-electron chi connectivity index (χ0n) is 11.2. The number of carbonyl (C=O) groups excluding carboxylic acids is 1. The van der Waals surface area contributed by atoms with E-state index in [0.29, 0.717) is 0 Å². The van der Waals surface area contributed by atoms with Gasteiger partial charge in [0.2, 0.25) is 0 Å². The Balaban J connectivity index is 2.19. The van der Waals surface area contributed by atoms with Crippen LogP contribution >= 0.6 is 15.9 Å². The van der Waals surface area contributed by atoms with E-state index in [4.69, 9.17) is 0 Å². The van der Waals surface area contributed by atoms with Crippen molar-refractivity contribution in [3.05, 3.63) is 33.9 Å². The van der Waals surface area contributed by atoms with Crippen molar-refractivity contribution in [2.75, 3.05) is 6.54 Å². The quantitative estimate of drug-likeness (QED) is 0.862. The highest BCUT2D eigenvalue weighted by molar-refractivity contribution is 9.10. The van der Waals surface area contributed by atoms with E-state index in [2.05, 4.69) is 31.9 Å². The first-order valence-electron chi connectivity index (χ1n) is 6.61. The van der Waals surface area contributed by atoms with E-state index in [1.54, 1.807) is 0 Å². The Morgan fingerprint density at radius 3 is 2.95 bits per heavy atom. The van der Waals surface area contributed by atoms with Crippen molar-refractivity contribution in [3.8, 4) is 0 Å². The molecular formula is C15H17BrN2O. The van der Waals surface area contributed by atoms with Gasteiger partial charge in [0.05, 0.1) is 6.04 Å². The summed E-state index contributed by atoms with van der Waals surface area (Å²) < 4.78 is 3.11. The van der Waals surface area contributed by atoms with Crippen LogP contribution in [0.15, 0.2) is 22.7 Å². The molecule has 0 spiro atoms. The largest absolute Gasteiger partial charge is 0.347 e. The minimum absolute atomic E-state index is 0.0109. The number of halogens is 1. The Kier molecular flexibility index (Phi) is 3.23. The van der Waals surface area contributed by atoms with E-state index < -0.39 is 0 Å². The Bertz CT molecular complexity index is 654. The van der Waals surface area contributed by atoms with E-state index in [-0.39, 0.29) is 11.8 Å². The molecular weight excluding hydrogens is 304 g/mol. The molecule has 1 aliphatic rings. The van der Waals surface area contributed by atoms with Gasteiger partial charge in [-0.2, -0.15) is 0 Å². The van der Waals surface area contributed by atoms with Crippen molar-refractivity contribution in [2.45, 2.75) is 25.8 Å². The Morgan fingerprint density at radius 2 is 2.26 bits per heavy atom. The molecule has 1 atom stereocenters. The predicted octanol–water partition coefficient (Wildman–Crippen LogP) is 3.18. The summed E-state index contributed by atoms with van der Waals surface area (Å²) in [4.78, 5) is 12.7. The third-order valence-electron chi connectivity index (χ3n) is 4.08. The van der Waals surface area contributed by atoms with Crippen LogP contribution in [0, 0.1) is 6.92 Å². The van der Waals surface area contributed by atoms with Crippen molar-refractivity contribution >= 4 is 32.6 Å². The second-order valence-electron chi connectivity index (χ2n) is 5.19. The van der Waals surface area contributed by atoms with Crippen molar-refractivity contribution in [1.29, 1.82) is 0 Å². The van der Waals surface area contributed by atoms with Crippen LogP contribution in [0.3, 0.4) is 0 Å². The summed E-state index contributed by atoms with van der Waals surface area (Å²) >= 11 is 3.50. The van der Waals surface area contributed by atoms with Crippen LogP contribution in [0.1, 0.15) is 28.9 Å². The average Bonchev–Trinajstić information content (AvgIpc) is 2.98. The van der Waals surface area contributed by atoms with Gasteiger partial charge in [-0.15, -0.1) is 0 Å². The van der Waals surface area contributed by atoms with Crippen LogP contribution < -0.4 is 5.32 Å². The predicted molar refractivity (Wildman–Crippen MR) is 80.7 cm³/mol. The third kappa shape index (κ3) is 2.03. The Hall–Kier alpha value is -1.13. The first-order chi connectivity index (χ1) is 9.09. The second kappa shape index (κ2) is 4.76. The van der Waals surface area contributed by atoms with Gasteiger partial charge in [0, 0.05) is 33.7 Å². The molecule has 4 heteroatoms. The fourth-order valence-corrected chi connectivity index (χ4v) is 3.30. The molecule has 1 unspecified atom stereocenters. The fourth-order valence-electron chi connectivity index (χ4n) is 2.94. The first-order valence-corrected chi connectivity index (χ1v) is 7.41. The number of aromatic nitrogens is 1. The SMILES string of the molecule is Cc1c(C(=O)C2CCCN2)c2cc(Br)ccc2n1C. The summed E-state index contributed by atoms with van der Waals surface area (Å²) in [5, 5.41) is 4.35. The lowest BCUT2D eigenvalue weighted by Gasteiger charge is -2.09. The molecule has 1 fully saturated rings. The van der Waals surface area contributed by atoms with Crippen LogP contribution in [-0.2, 0) is 7.05 Å². The first kappa shape index (κ1) is 12.9. The summed E-state index contributed by atoms with van der Waals surface area (Å²) in [6.07, 6.45) is 2.03. The van der Waals surface area contributed by atoms with Gasteiger partial charge in [0.25, 0.3) is 0 Å². The maximum atomic E-state index is 12.7. The third-order valence-corrected chi connectivity index (χ3v) is 4.57. The van der Waals surface area contributed by atoms with Gasteiger partial charge in [-0.3, -0.25) is 4.79 Å². The van der Waals surface area contributed by atoms with Gasteiger partial charge in [-0.05, 0) is 44.5 Å². The summed E-state index contributed by atoms with van der Waals surface area (Å²) in [5.41, 5.74) is 3.03. The van der Waals surface area contributed by atoms with Gasteiger partial charge in [-0.25, -0.2) is 0 Å². The maximum absolute atomic E-state index is 12.7. The second-order valence-corrected chi connectivity index (χ2v) is 6.11. The Labute approximate surface area is 121 Å². The van der Waals surface area contributed by atoms with Gasteiger partial charge < -0.3 is 9.88 Å². The van der Waals surface area contributed by atoms with Gasteiger partial charge >= 0.3 is 0 Å². The van der Waals surface area contributed by atoms with Crippen LogP contribution in [-0.4, -0.2) is 22.9 Å². The molecule has 0 amide bonds. The summed E-state index contributed by atoms with van der Waals surface area (Å²) in [6, 6.07) is 6.11. The monoisotopic (exact) mass is 320 g/mol. The highest BCUT2D eigenvalue weighted by atomic mass is 79.9. The smallest absolute Gasteiger partial charge is 0.182 e. The standard InChI is InChI=1S/C15H17BrN2O/c1-9-14(15(19)12-4-3-7-17-12)11-8-10(16)5-6-13(11)18(9)2/h5-6,8,12,17H,3-4,7H2,1-2H3. The number of ketones is 1. The summed E-state index contributed by atoms with van der Waals surface area (Å²) in [5.74, 6) is 0.235. The lowest BCUT2D eigenvalue weighted by atomic mass is 10.00. The van der Waals surface area contributed by atoms with Gasteiger partial charge in [0.1, 0.15) is 0 Å². The van der Waals surface area contributed by atoms with Crippen molar-refractivity contribution in [1.82, 2.24) is 9.88 Å². The van der Waals surface area contributed by atoms with Crippen LogP contribution in [0.4, 0.5) is 0 Å². The number of carbonyl (C=O) groups is 1. The van der Waals surface area contributed by atoms with Crippen LogP contribution in [0.2, 0.25) is 0 Å². The van der Waals surface area contributed by atoms with Gasteiger partial charge in [0.15, 0.2) is 5.78 Å². The van der Waals surface area contributed by atoms with E-state index >= 15 is 0 Å². The van der Waals surface area contributed by atoms with E-state index in [0.717, 1.165) is 46.0 Å². The minimum Gasteiger partial charge on any atom is -0.347 e.